The third-order valence-corrected chi connectivity index (χ3v) is 3.34. The van der Waals surface area contributed by atoms with Gasteiger partial charge in [-0.05, 0) is 37.3 Å². The van der Waals surface area contributed by atoms with Crippen LogP contribution in [0.5, 0.6) is 0 Å². The van der Waals surface area contributed by atoms with Crippen LogP contribution in [-0.2, 0) is 0 Å². The number of hydrogen-bond donors (Lipinski definition) is 1. The molecule has 0 bridgehead atoms. The van der Waals surface area contributed by atoms with E-state index in [9.17, 15) is 4.79 Å². The molecule has 0 atom stereocenters. The maximum absolute atomic E-state index is 12.2. The molecule has 110 valence electrons. The summed E-state index contributed by atoms with van der Waals surface area (Å²) in [5, 5.41) is 6.96. The van der Waals surface area contributed by atoms with Gasteiger partial charge in [-0.25, -0.2) is 0 Å². The Balaban J connectivity index is 1.84. The quantitative estimate of drug-likeness (QED) is 0.795. The lowest BCUT2D eigenvalue weighted by Gasteiger charge is -2.07. The van der Waals surface area contributed by atoms with Gasteiger partial charge in [0.05, 0.1) is 10.6 Å². The fourth-order valence-electron chi connectivity index (χ4n) is 1.99. The summed E-state index contributed by atoms with van der Waals surface area (Å²) < 4.78 is 5.12. The minimum Gasteiger partial charge on any atom is -0.334 e. The van der Waals surface area contributed by atoms with Gasteiger partial charge in [0, 0.05) is 11.3 Å². The monoisotopic (exact) mass is 313 g/mol. The van der Waals surface area contributed by atoms with Crippen molar-refractivity contribution in [1.29, 1.82) is 0 Å². The molecule has 1 aromatic heterocycles. The molecule has 5 nitrogen and oxygen atoms in total. The summed E-state index contributed by atoms with van der Waals surface area (Å²) in [6.45, 7) is 1.75. The van der Waals surface area contributed by atoms with E-state index in [2.05, 4.69) is 15.5 Å². The number of amides is 1. The van der Waals surface area contributed by atoms with Crippen LogP contribution in [0, 0.1) is 6.92 Å². The Hall–Kier alpha value is -2.66. The van der Waals surface area contributed by atoms with Crippen molar-refractivity contribution in [2.45, 2.75) is 6.92 Å². The average Bonchev–Trinajstić information content (AvgIpc) is 2.94. The van der Waals surface area contributed by atoms with E-state index >= 15 is 0 Å². The molecule has 3 rings (SSSR count). The summed E-state index contributed by atoms with van der Waals surface area (Å²) in [7, 11) is 0. The van der Waals surface area contributed by atoms with Crippen LogP contribution >= 0.6 is 11.6 Å². The van der Waals surface area contributed by atoms with Crippen molar-refractivity contribution in [2.75, 3.05) is 5.32 Å². The second kappa shape index (κ2) is 5.99. The Labute approximate surface area is 131 Å². The molecule has 0 spiro atoms. The van der Waals surface area contributed by atoms with Crippen LogP contribution in [0.15, 0.2) is 53.1 Å². The van der Waals surface area contributed by atoms with E-state index in [1.165, 1.54) is 0 Å². The number of anilines is 1. The lowest BCUT2D eigenvalue weighted by molar-refractivity contribution is 0.102. The molecule has 0 aliphatic rings. The second-order valence-electron chi connectivity index (χ2n) is 4.66. The Morgan fingerprint density at radius 2 is 2.00 bits per heavy atom. The molecule has 6 heteroatoms. The average molecular weight is 314 g/mol. The molecule has 1 amide bonds. The summed E-state index contributed by atoms with van der Waals surface area (Å²) in [6, 6.07) is 14.1. The molecule has 0 aliphatic heterocycles. The van der Waals surface area contributed by atoms with Crippen LogP contribution in [0.1, 0.15) is 16.2 Å². The second-order valence-corrected chi connectivity index (χ2v) is 5.07. The van der Waals surface area contributed by atoms with Crippen molar-refractivity contribution >= 4 is 23.2 Å². The van der Waals surface area contributed by atoms with Gasteiger partial charge >= 0.3 is 0 Å². The molecule has 0 saturated carbocycles. The molecule has 1 heterocycles. The number of carbonyl (C=O) groups excluding carboxylic acids is 1. The maximum atomic E-state index is 12.2. The summed E-state index contributed by atoms with van der Waals surface area (Å²) in [5.74, 6) is 0.691. The van der Waals surface area contributed by atoms with E-state index in [0.717, 1.165) is 5.56 Å². The zero-order valence-corrected chi connectivity index (χ0v) is 12.5. The number of nitrogens with zero attached hydrogens (tertiary/aromatic N) is 2. The van der Waals surface area contributed by atoms with E-state index in [4.69, 9.17) is 16.1 Å². The van der Waals surface area contributed by atoms with Gasteiger partial charge in [-0.2, -0.15) is 4.98 Å². The third-order valence-electron chi connectivity index (χ3n) is 3.01. The zero-order valence-electron chi connectivity index (χ0n) is 11.7. The maximum Gasteiger partial charge on any atom is 0.257 e. The lowest BCUT2D eigenvalue weighted by atomic mass is 10.1. The Morgan fingerprint density at radius 3 is 2.73 bits per heavy atom. The SMILES string of the molecule is Cc1noc(-c2cccc(NC(=O)c3ccccc3Cl)c2)n1. The van der Waals surface area contributed by atoms with Gasteiger partial charge in [-0.1, -0.05) is 35.0 Å². The van der Waals surface area contributed by atoms with E-state index in [1.807, 2.05) is 6.07 Å². The van der Waals surface area contributed by atoms with E-state index in [1.54, 1.807) is 49.4 Å². The normalized spacial score (nSPS) is 10.5. The van der Waals surface area contributed by atoms with Gasteiger partial charge < -0.3 is 9.84 Å². The number of benzene rings is 2. The molecule has 0 fully saturated rings. The standard InChI is InChI=1S/C16H12ClN3O2/c1-10-18-16(22-20-10)11-5-4-6-12(9-11)19-15(21)13-7-2-3-8-14(13)17/h2-9H,1H3,(H,19,21). The Kier molecular flexibility index (Phi) is 3.89. The van der Waals surface area contributed by atoms with Gasteiger partial charge in [-0.3, -0.25) is 4.79 Å². The number of rotatable bonds is 3. The van der Waals surface area contributed by atoms with Crippen LogP contribution in [0.3, 0.4) is 0 Å². The predicted octanol–water partition coefficient (Wildman–Crippen LogP) is 3.95. The molecule has 2 aromatic carbocycles. The lowest BCUT2D eigenvalue weighted by Crippen LogP contribution is -2.12. The van der Waals surface area contributed by atoms with Crippen LogP contribution in [0.25, 0.3) is 11.5 Å². The highest BCUT2D eigenvalue weighted by molar-refractivity contribution is 6.34. The molecular weight excluding hydrogens is 302 g/mol. The molecule has 0 aliphatic carbocycles. The molecule has 0 saturated heterocycles. The Bertz CT molecular complexity index is 830. The number of nitrogens with one attached hydrogen (secondary N) is 1. The first kappa shape index (κ1) is 14.3. The zero-order chi connectivity index (χ0) is 15.5. The summed E-state index contributed by atoms with van der Waals surface area (Å²) in [5.41, 5.74) is 1.78. The highest BCUT2D eigenvalue weighted by Gasteiger charge is 2.11. The molecule has 3 aromatic rings. The summed E-state index contributed by atoms with van der Waals surface area (Å²) in [4.78, 5) is 16.4. The summed E-state index contributed by atoms with van der Waals surface area (Å²) in [6.07, 6.45) is 0. The topological polar surface area (TPSA) is 68.0 Å². The number of carbonyl (C=O) groups is 1. The first-order chi connectivity index (χ1) is 10.6. The third kappa shape index (κ3) is 2.99. The molecule has 1 N–H and O–H groups in total. The molecular formula is C16H12ClN3O2. The minimum atomic E-state index is -0.274. The highest BCUT2D eigenvalue weighted by atomic mass is 35.5. The number of halogens is 1. The number of aryl methyl sites for hydroxylation is 1. The largest absolute Gasteiger partial charge is 0.334 e. The van der Waals surface area contributed by atoms with Crippen LogP contribution in [-0.4, -0.2) is 16.0 Å². The van der Waals surface area contributed by atoms with E-state index in [0.29, 0.717) is 28.0 Å². The Morgan fingerprint density at radius 1 is 1.18 bits per heavy atom. The van der Waals surface area contributed by atoms with Crippen LogP contribution in [0.4, 0.5) is 5.69 Å². The first-order valence-electron chi connectivity index (χ1n) is 6.60. The summed E-state index contributed by atoms with van der Waals surface area (Å²) >= 11 is 6.02. The molecule has 22 heavy (non-hydrogen) atoms. The number of hydrogen-bond acceptors (Lipinski definition) is 4. The fraction of sp³-hybridized carbons (Fsp3) is 0.0625. The van der Waals surface area contributed by atoms with E-state index < -0.39 is 0 Å². The predicted molar refractivity (Wildman–Crippen MR) is 83.9 cm³/mol. The van der Waals surface area contributed by atoms with Gasteiger partial charge in [0.15, 0.2) is 5.82 Å². The van der Waals surface area contributed by atoms with Gasteiger partial charge in [0.1, 0.15) is 0 Å². The highest BCUT2D eigenvalue weighted by Crippen LogP contribution is 2.22. The van der Waals surface area contributed by atoms with Crippen molar-refractivity contribution < 1.29 is 9.32 Å². The van der Waals surface area contributed by atoms with Crippen molar-refractivity contribution in [3.63, 3.8) is 0 Å². The minimum absolute atomic E-state index is 0.274. The van der Waals surface area contributed by atoms with E-state index in [-0.39, 0.29) is 5.91 Å². The van der Waals surface area contributed by atoms with Gasteiger partial charge in [-0.15, -0.1) is 0 Å². The van der Waals surface area contributed by atoms with Crippen molar-refractivity contribution in [1.82, 2.24) is 10.1 Å². The van der Waals surface area contributed by atoms with Gasteiger partial charge in [0.25, 0.3) is 11.8 Å². The fourth-order valence-corrected chi connectivity index (χ4v) is 2.21. The van der Waals surface area contributed by atoms with Crippen molar-refractivity contribution in [3.05, 3.63) is 64.9 Å². The van der Waals surface area contributed by atoms with Crippen LogP contribution < -0.4 is 5.32 Å². The van der Waals surface area contributed by atoms with Crippen molar-refractivity contribution in [3.8, 4) is 11.5 Å². The molecule has 0 unspecified atom stereocenters. The molecule has 0 radical (unpaired) electrons. The van der Waals surface area contributed by atoms with Crippen molar-refractivity contribution in [2.24, 2.45) is 0 Å². The number of aromatic nitrogens is 2. The first-order valence-corrected chi connectivity index (χ1v) is 6.98. The van der Waals surface area contributed by atoms with Crippen LogP contribution in [0.2, 0.25) is 5.02 Å². The smallest absolute Gasteiger partial charge is 0.257 e. The van der Waals surface area contributed by atoms with Gasteiger partial charge in [0.2, 0.25) is 0 Å².